The standard InChI is InChI=1S/C36H45N9O3/c1-41-24-37-33(40-41)27-5-3-25(4-6-27)26-9-15-43(16-10-26)32(46)22-42-19-13-36(23-42)14-20-45(35(36)47)28-7-8-31-30(21-28)34(39-38-31)44-17-11-29(48-2)12-18-44/h3-9,21,24,29,32,46H,10-20,22-23H2,1-2H3,(H,38,39)/t32-,36-/m0/s1. The number of aromatic amines is 1. The summed E-state index contributed by atoms with van der Waals surface area (Å²) in [6.07, 6.45) is 8.19. The number of piperidine rings is 1. The van der Waals surface area contributed by atoms with E-state index in [0.29, 0.717) is 32.3 Å². The predicted molar refractivity (Wildman–Crippen MR) is 185 cm³/mol. The van der Waals surface area contributed by atoms with E-state index in [-0.39, 0.29) is 11.3 Å². The van der Waals surface area contributed by atoms with E-state index >= 15 is 0 Å². The van der Waals surface area contributed by atoms with Crippen LogP contribution in [0.2, 0.25) is 0 Å². The van der Waals surface area contributed by atoms with Crippen molar-refractivity contribution in [1.29, 1.82) is 0 Å². The quantitative estimate of drug-likeness (QED) is 0.295. The maximum atomic E-state index is 14.0. The Morgan fingerprint density at radius 1 is 1.04 bits per heavy atom. The van der Waals surface area contributed by atoms with Gasteiger partial charge in [0, 0.05) is 76.6 Å². The molecule has 0 unspecified atom stereocenters. The largest absolute Gasteiger partial charge is 0.381 e. The number of hydrogen-bond donors (Lipinski definition) is 2. The highest BCUT2D eigenvalue weighted by molar-refractivity contribution is 6.03. The summed E-state index contributed by atoms with van der Waals surface area (Å²) in [6, 6.07) is 14.6. The number of nitrogens with one attached hydrogen (secondary N) is 1. The monoisotopic (exact) mass is 651 g/mol. The van der Waals surface area contributed by atoms with Crippen LogP contribution in [0.25, 0.3) is 27.9 Å². The number of β-amino-alcohol motifs (C(OH)–C–C–N with tert-alkyl or cyclic N) is 1. The van der Waals surface area contributed by atoms with Crippen LogP contribution in [0, 0.1) is 5.41 Å². The molecule has 48 heavy (non-hydrogen) atoms. The van der Waals surface area contributed by atoms with Gasteiger partial charge in [0.05, 0.1) is 17.0 Å². The molecule has 0 aliphatic carbocycles. The zero-order chi connectivity index (χ0) is 32.8. The summed E-state index contributed by atoms with van der Waals surface area (Å²) in [4.78, 5) is 27.1. The van der Waals surface area contributed by atoms with E-state index in [1.165, 1.54) is 11.1 Å². The van der Waals surface area contributed by atoms with E-state index in [4.69, 9.17) is 4.74 Å². The first-order valence-corrected chi connectivity index (χ1v) is 17.3. The fourth-order valence-electron chi connectivity index (χ4n) is 8.13. The van der Waals surface area contributed by atoms with Crippen LogP contribution in [-0.2, 0) is 16.6 Å². The Morgan fingerprint density at radius 3 is 2.56 bits per heavy atom. The number of anilines is 2. The highest BCUT2D eigenvalue weighted by Gasteiger charge is 2.51. The first kappa shape index (κ1) is 31.2. The number of carbonyl (C=O) groups is 1. The summed E-state index contributed by atoms with van der Waals surface area (Å²) in [5, 5.41) is 24.5. The number of fused-ring (bicyclic) bond motifs is 1. The van der Waals surface area contributed by atoms with Gasteiger partial charge in [0.15, 0.2) is 11.6 Å². The summed E-state index contributed by atoms with van der Waals surface area (Å²) in [7, 11) is 3.66. The molecule has 0 bridgehead atoms. The van der Waals surface area contributed by atoms with Crippen molar-refractivity contribution in [2.75, 3.05) is 69.3 Å². The first-order chi connectivity index (χ1) is 23.4. The molecule has 12 nitrogen and oxygen atoms in total. The number of methoxy groups -OCH3 is 1. The number of aliphatic hydroxyl groups excluding tert-OH is 1. The van der Waals surface area contributed by atoms with Gasteiger partial charge in [0.25, 0.3) is 0 Å². The molecule has 1 amide bonds. The number of likely N-dealkylation sites (tertiary alicyclic amines) is 1. The second-order valence-corrected chi connectivity index (χ2v) is 13.9. The van der Waals surface area contributed by atoms with Crippen LogP contribution in [0.3, 0.4) is 0 Å². The van der Waals surface area contributed by atoms with Crippen LogP contribution >= 0.6 is 0 Å². The summed E-state index contributed by atoms with van der Waals surface area (Å²) in [5.41, 5.74) is 5.04. The molecule has 252 valence electrons. The molecule has 0 saturated carbocycles. The van der Waals surface area contributed by atoms with Gasteiger partial charge in [-0.1, -0.05) is 30.3 Å². The van der Waals surface area contributed by atoms with Crippen molar-refractivity contribution in [2.24, 2.45) is 12.5 Å². The lowest BCUT2D eigenvalue weighted by Crippen LogP contribution is -2.46. The molecule has 3 saturated heterocycles. The number of ether oxygens (including phenoxy) is 1. The smallest absolute Gasteiger partial charge is 0.234 e. The van der Waals surface area contributed by atoms with Crippen molar-refractivity contribution in [3.63, 3.8) is 0 Å². The normalized spacial score (nSPS) is 23.6. The van der Waals surface area contributed by atoms with Crippen LogP contribution in [0.1, 0.15) is 37.7 Å². The Kier molecular flexibility index (Phi) is 8.27. The summed E-state index contributed by atoms with van der Waals surface area (Å²) < 4.78 is 7.27. The van der Waals surface area contributed by atoms with Crippen LogP contribution in [0.5, 0.6) is 0 Å². The second-order valence-electron chi connectivity index (χ2n) is 13.9. The first-order valence-electron chi connectivity index (χ1n) is 17.3. The van der Waals surface area contributed by atoms with Crippen LogP contribution < -0.4 is 9.80 Å². The number of benzene rings is 2. The third kappa shape index (κ3) is 5.80. The fraction of sp³-hybridized carbons (Fsp3) is 0.500. The van der Waals surface area contributed by atoms with Crippen molar-refractivity contribution >= 4 is 33.9 Å². The number of hydrogen-bond acceptors (Lipinski definition) is 9. The summed E-state index contributed by atoms with van der Waals surface area (Å²) >= 11 is 0. The maximum absolute atomic E-state index is 14.0. The Hall–Kier alpha value is -4.10. The summed E-state index contributed by atoms with van der Waals surface area (Å²) in [5.74, 6) is 1.89. The average Bonchev–Trinajstić information content (AvgIpc) is 3.92. The molecule has 2 N–H and O–H groups in total. The molecule has 12 heteroatoms. The number of amides is 1. The van der Waals surface area contributed by atoms with Crippen molar-refractivity contribution in [2.45, 2.75) is 44.4 Å². The van der Waals surface area contributed by atoms with Crippen LogP contribution in [-0.4, -0.2) is 118 Å². The van der Waals surface area contributed by atoms with E-state index in [2.05, 4.69) is 71.4 Å². The van der Waals surface area contributed by atoms with E-state index in [0.717, 1.165) is 92.1 Å². The molecule has 4 aliphatic rings. The number of aliphatic hydroxyl groups is 1. The van der Waals surface area contributed by atoms with Gasteiger partial charge in [-0.2, -0.15) is 10.2 Å². The molecule has 8 rings (SSSR count). The van der Waals surface area contributed by atoms with Crippen LogP contribution in [0.4, 0.5) is 11.5 Å². The lowest BCUT2D eigenvalue weighted by molar-refractivity contribution is -0.125. The Bertz CT molecular complexity index is 1810. The Morgan fingerprint density at radius 2 is 1.83 bits per heavy atom. The van der Waals surface area contributed by atoms with Gasteiger partial charge in [-0.05, 0) is 68.0 Å². The molecule has 1 spiro atoms. The van der Waals surface area contributed by atoms with E-state index < -0.39 is 6.23 Å². The second kappa shape index (κ2) is 12.7. The molecule has 2 aromatic carbocycles. The van der Waals surface area contributed by atoms with Crippen LogP contribution in [0.15, 0.2) is 54.9 Å². The molecule has 4 aromatic rings. The van der Waals surface area contributed by atoms with Crippen molar-refractivity contribution in [3.8, 4) is 11.4 Å². The summed E-state index contributed by atoms with van der Waals surface area (Å²) in [6.45, 7) is 6.10. The number of carbonyl (C=O) groups excluding carboxylic acids is 1. The number of nitrogens with zero attached hydrogens (tertiary/aromatic N) is 8. The lowest BCUT2D eigenvalue weighted by atomic mass is 9.85. The fourth-order valence-corrected chi connectivity index (χ4v) is 8.13. The molecule has 4 aliphatic heterocycles. The topological polar surface area (TPSA) is 119 Å². The van der Waals surface area contributed by atoms with Gasteiger partial charge in [-0.3, -0.25) is 24.4 Å². The van der Waals surface area contributed by atoms with Crippen molar-refractivity contribution in [1.82, 2.24) is 34.8 Å². The molecule has 6 heterocycles. The number of aryl methyl sites for hydroxylation is 1. The zero-order valence-corrected chi connectivity index (χ0v) is 27.9. The molecule has 2 aromatic heterocycles. The minimum absolute atomic E-state index is 0.209. The minimum atomic E-state index is -0.570. The SMILES string of the molecule is COC1CCN(c2n[nH]c3ccc(N4CC[C@]5(CCN(C[C@H](O)N6CC=C(c7ccc(-c8ncn(C)n8)cc7)CC6)C5)C4=O)cc23)CC1. The molecule has 3 fully saturated rings. The highest BCUT2D eigenvalue weighted by Crippen LogP contribution is 2.43. The van der Waals surface area contributed by atoms with Gasteiger partial charge in [-0.25, -0.2) is 4.98 Å². The Labute approximate surface area is 281 Å². The third-order valence-corrected chi connectivity index (χ3v) is 11.1. The Balaban J connectivity index is 0.874. The average molecular weight is 652 g/mol. The van der Waals surface area contributed by atoms with Gasteiger partial charge in [0.1, 0.15) is 12.6 Å². The number of rotatable bonds is 8. The van der Waals surface area contributed by atoms with Gasteiger partial charge < -0.3 is 19.6 Å². The van der Waals surface area contributed by atoms with E-state index in [9.17, 15) is 9.90 Å². The van der Waals surface area contributed by atoms with Gasteiger partial charge in [0.2, 0.25) is 5.91 Å². The van der Waals surface area contributed by atoms with Gasteiger partial charge >= 0.3 is 0 Å². The molecule has 2 atom stereocenters. The highest BCUT2D eigenvalue weighted by atomic mass is 16.5. The predicted octanol–water partition coefficient (Wildman–Crippen LogP) is 3.51. The van der Waals surface area contributed by atoms with E-state index in [1.54, 1.807) is 18.1 Å². The van der Waals surface area contributed by atoms with E-state index in [1.807, 2.05) is 24.1 Å². The minimum Gasteiger partial charge on any atom is -0.381 e. The van der Waals surface area contributed by atoms with Crippen molar-refractivity contribution in [3.05, 3.63) is 60.4 Å². The number of H-pyrrole nitrogens is 1. The molecule has 0 radical (unpaired) electrons. The molecular formula is C36H45N9O3. The maximum Gasteiger partial charge on any atom is 0.234 e. The zero-order valence-electron chi connectivity index (χ0n) is 27.9. The lowest BCUT2D eigenvalue weighted by Gasteiger charge is -2.33. The molecular weight excluding hydrogens is 606 g/mol. The van der Waals surface area contributed by atoms with Gasteiger partial charge in [-0.15, -0.1) is 0 Å². The third-order valence-electron chi connectivity index (χ3n) is 11.1. The number of aromatic nitrogens is 5. The van der Waals surface area contributed by atoms with Crippen molar-refractivity contribution < 1.29 is 14.6 Å².